The highest BCUT2D eigenvalue weighted by molar-refractivity contribution is 5.88. The fourth-order valence-electron chi connectivity index (χ4n) is 2.25. The summed E-state index contributed by atoms with van der Waals surface area (Å²) >= 11 is 0. The molecule has 0 amide bonds. The molecule has 1 aromatic rings. The van der Waals surface area contributed by atoms with Gasteiger partial charge < -0.3 is 19.9 Å². The fraction of sp³-hybridized carbons (Fsp3) is 0.643. The van der Waals surface area contributed by atoms with Crippen molar-refractivity contribution in [1.29, 1.82) is 0 Å². The van der Waals surface area contributed by atoms with Crippen molar-refractivity contribution < 1.29 is 19.4 Å². The summed E-state index contributed by atoms with van der Waals surface area (Å²) in [6, 6.07) is 1.52. The molecule has 0 aliphatic rings. The molecule has 1 aromatic heterocycles. The first-order valence-electron chi connectivity index (χ1n) is 6.47. The maximum Gasteiger partial charge on any atom is 0.339 e. The molecule has 0 aliphatic carbocycles. The van der Waals surface area contributed by atoms with Crippen molar-refractivity contribution in [2.24, 2.45) is 5.92 Å². The van der Waals surface area contributed by atoms with Crippen LogP contribution in [-0.4, -0.2) is 28.3 Å². The van der Waals surface area contributed by atoms with E-state index < -0.39 is 11.6 Å². The summed E-state index contributed by atoms with van der Waals surface area (Å²) < 4.78 is 5.35. The van der Waals surface area contributed by atoms with E-state index in [1.54, 1.807) is 13.8 Å². The predicted molar refractivity (Wildman–Crippen MR) is 72.2 cm³/mol. The number of aliphatic hydroxyl groups is 1. The van der Waals surface area contributed by atoms with E-state index in [1.165, 1.54) is 6.07 Å². The first-order valence-corrected chi connectivity index (χ1v) is 6.47. The largest absolute Gasteiger partial charge is 0.478 e. The van der Waals surface area contributed by atoms with Crippen LogP contribution in [0.4, 0.5) is 0 Å². The second-order valence-corrected chi connectivity index (χ2v) is 5.69. The van der Waals surface area contributed by atoms with E-state index in [4.69, 9.17) is 9.52 Å². The van der Waals surface area contributed by atoms with Crippen LogP contribution in [-0.2, 0) is 6.54 Å². The molecular weight excluding hydrogens is 246 g/mol. The van der Waals surface area contributed by atoms with Crippen LogP contribution in [0.1, 0.15) is 49.1 Å². The van der Waals surface area contributed by atoms with Crippen LogP contribution in [0.15, 0.2) is 10.5 Å². The minimum atomic E-state index is -0.987. The number of carboxylic acid groups (broad SMARTS) is 1. The summed E-state index contributed by atoms with van der Waals surface area (Å²) in [7, 11) is 0. The third-order valence-corrected chi connectivity index (χ3v) is 2.85. The molecule has 1 rings (SSSR count). The van der Waals surface area contributed by atoms with Gasteiger partial charge >= 0.3 is 5.97 Å². The van der Waals surface area contributed by atoms with E-state index in [0.29, 0.717) is 36.9 Å². The third kappa shape index (κ3) is 5.04. The van der Waals surface area contributed by atoms with Crippen molar-refractivity contribution in [1.82, 2.24) is 5.32 Å². The van der Waals surface area contributed by atoms with Crippen molar-refractivity contribution >= 4 is 5.97 Å². The average molecular weight is 269 g/mol. The second kappa shape index (κ2) is 6.21. The van der Waals surface area contributed by atoms with Crippen LogP contribution in [0.25, 0.3) is 0 Å². The Labute approximate surface area is 113 Å². The van der Waals surface area contributed by atoms with Crippen molar-refractivity contribution in [3.63, 3.8) is 0 Å². The number of aromatic carboxylic acids is 1. The van der Waals surface area contributed by atoms with Crippen LogP contribution < -0.4 is 5.32 Å². The molecule has 0 saturated carbocycles. The Morgan fingerprint density at radius 2 is 2.16 bits per heavy atom. The maximum absolute atomic E-state index is 10.9. The Hall–Kier alpha value is -1.33. The Balaban J connectivity index is 2.49. The zero-order chi connectivity index (χ0) is 14.6. The van der Waals surface area contributed by atoms with Crippen molar-refractivity contribution in [2.45, 2.75) is 46.3 Å². The molecule has 3 N–H and O–H groups in total. The van der Waals surface area contributed by atoms with Gasteiger partial charge in [-0.3, -0.25) is 0 Å². The molecule has 19 heavy (non-hydrogen) atoms. The lowest BCUT2D eigenvalue weighted by molar-refractivity contribution is 0.0379. The van der Waals surface area contributed by atoms with Gasteiger partial charge in [0.15, 0.2) is 0 Å². The predicted octanol–water partition coefficient (Wildman–Crippen LogP) is 2.17. The van der Waals surface area contributed by atoms with Crippen LogP contribution in [0.5, 0.6) is 0 Å². The lowest BCUT2D eigenvalue weighted by Crippen LogP contribution is -2.38. The van der Waals surface area contributed by atoms with Crippen LogP contribution in [0, 0.1) is 12.8 Å². The van der Waals surface area contributed by atoms with Gasteiger partial charge in [-0.15, -0.1) is 0 Å². The Morgan fingerprint density at radius 1 is 1.53 bits per heavy atom. The molecule has 5 heteroatoms. The summed E-state index contributed by atoms with van der Waals surface area (Å²) in [5.41, 5.74) is -0.587. The molecule has 0 aromatic carbocycles. The van der Waals surface area contributed by atoms with Gasteiger partial charge in [0.25, 0.3) is 0 Å². The fourth-order valence-corrected chi connectivity index (χ4v) is 2.25. The molecule has 0 spiro atoms. The van der Waals surface area contributed by atoms with Gasteiger partial charge in [0.1, 0.15) is 17.1 Å². The summed E-state index contributed by atoms with van der Waals surface area (Å²) in [6.45, 7) is 8.38. The summed E-state index contributed by atoms with van der Waals surface area (Å²) in [5, 5.41) is 22.1. The standard InChI is InChI=1S/C14H23NO4/c1-9(2)6-14(4,18)8-15-7-11-5-12(13(16)17)10(3)19-11/h5,9,15,18H,6-8H2,1-4H3,(H,16,17). The molecule has 0 bridgehead atoms. The zero-order valence-electron chi connectivity index (χ0n) is 12.0. The van der Waals surface area contributed by atoms with Gasteiger partial charge in [0, 0.05) is 6.54 Å². The van der Waals surface area contributed by atoms with E-state index in [2.05, 4.69) is 19.2 Å². The Bertz CT molecular complexity index is 435. The van der Waals surface area contributed by atoms with Gasteiger partial charge in [0.2, 0.25) is 0 Å². The first kappa shape index (κ1) is 15.7. The third-order valence-electron chi connectivity index (χ3n) is 2.85. The lowest BCUT2D eigenvalue weighted by atomic mass is 9.94. The summed E-state index contributed by atoms with van der Waals surface area (Å²) in [4.78, 5) is 10.9. The molecule has 1 atom stereocenters. The van der Waals surface area contributed by atoms with Gasteiger partial charge in [0.05, 0.1) is 12.1 Å². The first-order chi connectivity index (χ1) is 8.71. The number of furan rings is 1. The molecular formula is C14H23NO4. The molecule has 0 radical (unpaired) electrons. The smallest absolute Gasteiger partial charge is 0.339 e. The van der Waals surface area contributed by atoms with Crippen LogP contribution >= 0.6 is 0 Å². The molecule has 5 nitrogen and oxygen atoms in total. The van der Waals surface area contributed by atoms with Gasteiger partial charge in [-0.05, 0) is 32.3 Å². The molecule has 0 fully saturated rings. The van der Waals surface area contributed by atoms with Gasteiger partial charge in [-0.25, -0.2) is 4.79 Å². The summed E-state index contributed by atoms with van der Waals surface area (Å²) in [6.07, 6.45) is 0.706. The highest BCUT2D eigenvalue weighted by Gasteiger charge is 2.21. The minimum absolute atomic E-state index is 0.186. The number of carboxylic acids is 1. The maximum atomic E-state index is 10.9. The van der Waals surface area contributed by atoms with E-state index in [-0.39, 0.29) is 5.56 Å². The number of aryl methyl sites for hydroxylation is 1. The molecule has 0 saturated heterocycles. The number of rotatable bonds is 7. The Kier molecular flexibility index (Phi) is 5.14. The summed E-state index contributed by atoms with van der Waals surface area (Å²) in [5.74, 6) is 0.397. The quantitative estimate of drug-likeness (QED) is 0.706. The van der Waals surface area contributed by atoms with Gasteiger partial charge in [-0.2, -0.15) is 0 Å². The minimum Gasteiger partial charge on any atom is -0.478 e. The van der Waals surface area contributed by atoms with E-state index in [9.17, 15) is 9.90 Å². The molecule has 1 unspecified atom stereocenters. The van der Waals surface area contributed by atoms with Crippen LogP contribution in [0.2, 0.25) is 0 Å². The lowest BCUT2D eigenvalue weighted by Gasteiger charge is -2.25. The van der Waals surface area contributed by atoms with Crippen molar-refractivity contribution in [2.75, 3.05) is 6.54 Å². The highest BCUT2D eigenvalue weighted by atomic mass is 16.4. The molecule has 1 heterocycles. The highest BCUT2D eigenvalue weighted by Crippen LogP contribution is 2.17. The molecule has 0 aliphatic heterocycles. The SMILES string of the molecule is Cc1oc(CNCC(C)(O)CC(C)C)cc1C(=O)O. The van der Waals surface area contributed by atoms with Crippen molar-refractivity contribution in [3.8, 4) is 0 Å². The zero-order valence-corrected chi connectivity index (χ0v) is 12.0. The number of carbonyl (C=O) groups is 1. The van der Waals surface area contributed by atoms with E-state index in [1.807, 2.05) is 0 Å². The number of hydrogen-bond acceptors (Lipinski definition) is 4. The van der Waals surface area contributed by atoms with E-state index in [0.717, 1.165) is 0 Å². The molecule has 108 valence electrons. The second-order valence-electron chi connectivity index (χ2n) is 5.69. The van der Waals surface area contributed by atoms with E-state index >= 15 is 0 Å². The van der Waals surface area contributed by atoms with Gasteiger partial charge in [-0.1, -0.05) is 13.8 Å². The normalized spacial score (nSPS) is 14.6. The number of nitrogens with one attached hydrogen (secondary N) is 1. The topological polar surface area (TPSA) is 82.7 Å². The number of hydrogen-bond donors (Lipinski definition) is 3. The Morgan fingerprint density at radius 3 is 2.63 bits per heavy atom. The average Bonchev–Trinajstić information content (AvgIpc) is 2.57. The van der Waals surface area contributed by atoms with Crippen molar-refractivity contribution in [3.05, 3.63) is 23.2 Å². The van der Waals surface area contributed by atoms with Crippen LogP contribution in [0.3, 0.4) is 0 Å². The monoisotopic (exact) mass is 269 g/mol.